The lowest BCUT2D eigenvalue weighted by Crippen LogP contribution is -2.47. The van der Waals surface area contributed by atoms with E-state index >= 15 is 0 Å². The van der Waals surface area contributed by atoms with Crippen molar-refractivity contribution in [2.45, 2.75) is 6.42 Å². The number of ether oxygens (including phenoxy) is 2. The molecule has 0 aromatic heterocycles. The van der Waals surface area contributed by atoms with Gasteiger partial charge in [0.2, 0.25) is 0 Å². The Kier molecular flexibility index (Phi) is 4.84. The third-order valence-corrected chi connectivity index (χ3v) is 3.34. The quantitative estimate of drug-likeness (QED) is 0.710. The predicted octanol–water partition coefficient (Wildman–Crippen LogP) is 1.06. The van der Waals surface area contributed by atoms with Crippen molar-refractivity contribution in [1.29, 1.82) is 0 Å². The molecule has 2 rings (SSSR count). The van der Waals surface area contributed by atoms with Crippen LogP contribution in [0.1, 0.15) is 5.56 Å². The largest absolute Gasteiger partial charge is 0.493 e. The zero-order chi connectivity index (χ0) is 12.8. The molecule has 0 saturated carbocycles. The van der Waals surface area contributed by atoms with Crippen LogP contribution in [0.4, 0.5) is 0 Å². The van der Waals surface area contributed by atoms with Crippen LogP contribution in [0.2, 0.25) is 0 Å². The Morgan fingerprint density at radius 3 is 2.61 bits per heavy atom. The molecule has 1 aromatic carbocycles. The van der Waals surface area contributed by atoms with Crippen molar-refractivity contribution in [3.8, 4) is 11.5 Å². The Hall–Kier alpha value is -1.26. The summed E-state index contributed by atoms with van der Waals surface area (Å²) in [6.07, 6.45) is 1.01. The van der Waals surface area contributed by atoms with Crippen LogP contribution in [-0.2, 0) is 6.42 Å². The molecule has 1 aliphatic rings. The normalized spacial score (nSPS) is 15.2. The Balaban J connectivity index is 1.77. The average Bonchev–Trinajstić information content (AvgIpc) is 2.36. The highest BCUT2D eigenvalue weighted by Gasteiger charge is 2.15. The third-order valence-electron chi connectivity index (χ3n) is 3.34. The molecule has 4 heteroatoms. The first-order valence-corrected chi connectivity index (χ1v) is 6.46. The number of nitrogens with one attached hydrogen (secondary N) is 2. The monoisotopic (exact) mass is 250 g/mol. The van der Waals surface area contributed by atoms with Crippen molar-refractivity contribution in [2.24, 2.45) is 5.92 Å². The molecule has 2 N–H and O–H groups in total. The van der Waals surface area contributed by atoms with Crippen molar-refractivity contribution >= 4 is 0 Å². The summed E-state index contributed by atoms with van der Waals surface area (Å²) in [6, 6.07) is 6.10. The molecule has 1 aromatic rings. The standard InChI is InChI=1S/C14H22N2O2/c1-17-13-4-3-11(7-14(13)18-2)5-6-15-8-12-9-16-10-12/h3-4,7,12,15-16H,5-6,8-10H2,1-2H3. The van der Waals surface area contributed by atoms with Gasteiger partial charge in [-0.05, 0) is 36.6 Å². The number of methoxy groups -OCH3 is 2. The van der Waals surface area contributed by atoms with Crippen molar-refractivity contribution < 1.29 is 9.47 Å². The van der Waals surface area contributed by atoms with Gasteiger partial charge in [0.1, 0.15) is 0 Å². The fraction of sp³-hybridized carbons (Fsp3) is 0.571. The Bertz CT molecular complexity index is 378. The smallest absolute Gasteiger partial charge is 0.160 e. The number of hydrogen-bond donors (Lipinski definition) is 2. The molecule has 1 fully saturated rings. The van der Waals surface area contributed by atoms with Gasteiger partial charge in [-0.15, -0.1) is 0 Å². The van der Waals surface area contributed by atoms with E-state index in [0.717, 1.165) is 50.0 Å². The minimum absolute atomic E-state index is 0.787. The molecule has 0 unspecified atom stereocenters. The van der Waals surface area contributed by atoms with Crippen LogP contribution in [0.5, 0.6) is 11.5 Å². The fourth-order valence-electron chi connectivity index (χ4n) is 2.07. The van der Waals surface area contributed by atoms with Gasteiger partial charge in [0, 0.05) is 19.6 Å². The molecule has 0 spiro atoms. The summed E-state index contributed by atoms with van der Waals surface area (Å²) in [5, 5.41) is 6.77. The molecule has 0 radical (unpaired) electrons. The first-order chi connectivity index (χ1) is 8.83. The molecule has 1 saturated heterocycles. The molecule has 0 atom stereocenters. The maximum absolute atomic E-state index is 5.29. The van der Waals surface area contributed by atoms with Gasteiger partial charge in [0.05, 0.1) is 14.2 Å². The maximum Gasteiger partial charge on any atom is 0.160 e. The van der Waals surface area contributed by atoms with Gasteiger partial charge in [0.25, 0.3) is 0 Å². The van der Waals surface area contributed by atoms with E-state index in [1.54, 1.807) is 14.2 Å². The van der Waals surface area contributed by atoms with E-state index in [1.807, 2.05) is 12.1 Å². The summed E-state index contributed by atoms with van der Waals surface area (Å²) < 4.78 is 10.5. The zero-order valence-corrected chi connectivity index (χ0v) is 11.2. The van der Waals surface area contributed by atoms with Crippen molar-refractivity contribution in [3.05, 3.63) is 23.8 Å². The Morgan fingerprint density at radius 2 is 2.00 bits per heavy atom. The van der Waals surface area contributed by atoms with E-state index in [2.05, 4.69) is 16.7 Å². The van der Waals surface area contributed by atoms with Gasteiger partial charge in [-0.2, -0.15) is 0 Å². The second-order valence-electron chi connectivity index (χ2n) is 4.67. The number of hydrogen-bond acceptors (Lipinski definition) is 4. The molecule has 18 heavy (non-hydrogen) atoms. The van der Waals surface area contributed by atoms with Crippen molar-refractivity contribution in [2.75, 3.05) is 40.4 Å². The van der Waals surface area contributed by atoms with Crippen LogP contribution >= 0.6 is 0 Å². The van der Waals surface area contributed by atoms with E-state index in [1.165, 1.54) is 5.56 Å². The van der Waals surface area contributed by atoms with Crippen LogP contribution in [0.3, 0.4) is 0 Å². The average molecular weight is 250 g/mol. The zero-order valence-electron chi connectivity index (χ0n) is 11.2. The predicted molar refractivity (Wildman–Crippen MR) is 72.5 cm³/mol. The first kappa shape index (κ1) is 13.2. The van der Waals surface area contributed by atoms with E-state index in [4.69, 9.17) is 9.47 Å². The van der Waals surface area contributed by atoms with Crippen LogP contribution < -0.4 is 20.1 Å². The highest BCUT2D eigenvalue weighted by molar-refractivity contribution is 5.42. The molecule has 1 heterocycles. The van der Waals surface area contributed by atoms with Gasteiger partial charge in [-0.25, -0.2) is 0 Å². The summed E-state index contributed by atoms with van der Waals surface area (Å²) in [5.41, 5.74) is 1.27. The van der Waals surface area contributed by atoms with Gasteiger partial charge >= 0.3 is 0 Å². The summed E-state index contributed by atoms with van der Waals surface area (Å²) in [6.45, 7) is 4.43. The Morgan fingerprint density at radius 1 is 1.22 bits per heavy atom. The minimum Gasteiger partial charge on any atom is -0.493 e. The minimum atomic E-state index is 0.787. The molecule has 4 nitrogen and oxygen atoms in total. The lowest BCUT2D eigenvalue weighted by molar-refractivity contribution is 0.332. The van der Waals surface area contributed by atoms with E-state index < -0.39 is 0 Å². The summed E-state index contributed by atoms with van der Waals surface area (Å²) in [5.74, 6) is 2.41. The van der Waals surface area contributed by atoms with Crippen LogP contribution in [0.25, 0.3) is 0 Å². The van der Waals surface area contributed by atoms with Gasteiger partial charge in [-0.3, -0.25) is 0 Å². The molecule has 0 aliphatic carbocycles. The van der Waals surface area contributed by atoms with Crippen LogP contribution in [0.15, 0.2) is 18.2 Å². The summed E-state index contributed by atoms with van der Waals surface area (Å²) >= 11 is 0. The third kappa shape index (κ3) is 3.37. The van der Waals surface area contributed by atoms with Crippen LogP contribution in [0, 0.1) is 5.92 Å². The van der Waals surface area contributed by atoms with E-state index in [-0.39, 0.29) is 0 Å². The maximum atomic E-state index is 5.29. The first-order valence-electron chi connectivity index (χ1n) is 6.46. The lowest BCUT2D eigenvalue weighted by atomic mass is 10.0. The molecule has 0 amide bonds. The second kappa shape index (κ2) is 6.61. The number of rotatable bonds is 7. The van der Waals surface area contributed by atoms with E-state index in [9.17, 15) is 0 Å². The second-order valence-corrected chi connectivity index (χ2v) is 4.67. The van der Waals surface area contributed by atoms with Crippen molar-refractivity contribution in [1.82, 2.24) is 10.6 Å². The highest BCUT2D eigenvalue weighted by atomic mass is 16.5. The summed E-state index contributed by atoms with van der Waals surface area (Å²) in [7, 11) is 3.33. The van der Waals surface area contributed by atoms with Gasteiger partial charge in [0.15, 0.2) is 11.5 Å². The van der Waals surface area contributed by atoms with Gasteiger partial charge < -0.3 is 20.1 Å². The lowest BCUT2D eigenvalue weighted by Gasteiger charge is -2.27. The number of benzene rings is 1. The molecule has 100 valence electrons. The van der Waals surface area contributed by atoms with Gasteiger partial charge in [-0.1, -0.05) is 6.07 Å². The fourth-order valence-corrected chi connectivity index (χ4v) is 2.07. The molecule has 0 bridgehead atoms. The highest BCUT2D eigenvalue weighted by Crippen LogP contribution is 2.27. The SMILES string of the molecule is COc1ccc(CCNCC2CNC2)cc1OC. The summed E-state index contributed by atoms with van der Waals surface area (Å²) in [4.78, 5) is 0. The topological polar surface area (TPSA) is 42.5 Å². The molecular formula is C14H22N2O2. The molecule has 1 aliphatic heterocycles. The molecular weight excluding hydrogens is 228 g/mol. The van der Waals surface area contributed by atoms with Crippen molar-refractivity contribution in [3.63, 3.8) is 0 Å². The van der Waals surface area contributed by atoms with E-state index in [0.29, 0.717) is 0 Å². The van der Waals surface area contributed by atoms with Crippen LogP contribution in [-0.4, -0.2) is 40.4 Å². The Labute approximate surface area is 109 Å².